The van der Waals surface area contributed by atoms with Crippen molar-refractivity contribution in [2.75, 3.05) is 11.9 Å². The van der Waals surface area contributed by atoms with Crippen molar-refractivity contribution in [3.8, 4) is 11.8 Å². The van der Waals surface area contributed by atoms with Crippen molar-refractivity contribution in [2.24, 2.45) is 0 Å². The number of nitriles is 1. The number of nitrogens with one attached hydrogen (secondary N) is 2. The van der Waals surface area contributed by atoms with Crippen molar-refractivity contribution < 1.29 is 9.53 Å². The lowest BCUT2D eigenvalue weighted by Gasteiger charge is -2.08. The van der Waals surface area contributed by atoms with Crippen LogP contribution in [0.25, 0.3) is 11.0 Å². The Kier molecular flexibility index (Phi) is 5.45. The van der Waals surface area contributed by atoms with Crippen molar-refractivity contribution in [3.63, 3.8) is 0 Å². The monoisotopic (exact) mass is 400 g/mol. The number of rotatable bonds is 6. The van der Waals surface area contributed by atoms with Gasteiger partial charge in [-0.25, -0.2) is 4.98 Å². The van der Waals surface area contributed by atoms with Crippen LogP contribution in [0.4, 0.5) is 5.69 Å². The Morgan fingerprint density at radius 1 is 1.07 bits per heavy atom. The van der Waals surface area contributed by atoms with Crippen LogP contribution in [0.15, 0.2) is 82.8 Å². The zero-order valence-corrected chi connectivity index (χ0v) is 16.1. The number of amides is 1. The molecule has 0 saturated heterocycles. The fourth-order valence-corrected chi connectivity index (χ4v) is 3.47. The lowest BCUT2D eigenvalue weighted by Crippen LogP contribution is -2.20. The van der Waals surface area contributed by atoms with Crippen LogP contribution in [-0.4, -0.2) is 22.5 Å². The first-order chi connectivity index (χ1) is 14.2. The normalized spacial score (nSPS) is 10.4. The number of imidazole rings is 1. The maximum absolute atomic E-state index is 12.1. The number of aromatic amines is 1. The average Bonchev–Trinajstić information content (AvgIpc) is 3.16. The van der Waals surface area contributed by atoms with Crippen molar-refractivity contribution >= 4 is 34.4 Å². The molecule has 4 rings (SSSR count). The van der Waals surface area contributed by atoms with Gasteiger partial charge in [-0.3, -0.25) is 4.79 Å². The number of benzene rings is 3. The summed E-state index contributed by atoms with van der Waals surface area (Å²) in [5.41, 5.74) is 3.16. The second-order valence-corrected chi connectivity index (χ2v) is 7.22. The van der Waals surface area contributed by atoms with Gasteiger partial charge in [0.25, 0.3) is 5.91 Å². The number of carbonyl (C=O) groups is 1. The Labute approximate surface area is 171 Å². The fraction of sp³-hybridized carbons (Fsp3) is 0.0455. The van der Waals surface area contributed by atoms with Crippen LogP contribution in [0, 0.1) is 11.3 Å². The van der Waals surface area contributed by atoms with Crippen LogP contribution in [0.2, 0.25) is 0 Å². The van der Waals surface area contributed by atoms with E-state index in [2.05, 4.69) is 15.3 Å². The maximum Gasteiger partial charge on any atom is 0.262 e. The van der Waals surface area contributed by atoms with E-state index in [9.17, 15) is 4.79 Å². The number of para-hydroxylation sites is 2. The summed E-state index contributed by atoms with van der Waals surface area (Å²) in [6, 6.07) is 24.1. The molecule has 0 aliphatic rings. The minimum absolute atomic E-state index is 0.110. The van der Waals surface area contributed by atoms with Gasteiger partial charge in [-0.15, -0.1) is 0 Å². The quantitative estimate of drug-likeness (QED) is 0.493. The Balaban J connectivity index is 1.31. The van der Waals surface area contributed by atoms with Crippen molar-refractivity contribution in [3.05, 3.63) is 78.4 Å². The summed E-state index contributed by atoms with van der Waals surface area (Å²) in [6.07, 6.45) is 0. The highest BCUT2D eigenvalue weighted by molar-refractivity contribution is 7.99. The highest BCUT2D eigenvalue weighted by Crippen LogP contribution is 2.28. The van der Waals surface area contributed by atoms with Gasteiger partial charge < -0.3 is 15.0 Å². The molecular weight excluding hydrogens is 384 g/mol. The number of carbonyl (C=O) groups excluding carboxylic acids is 1. The minimum atomic E-state index is -0.257. The van der Waals surface area contributed by atoms with E-state index in [0.717, 1.165) is 21.1 Å². The smallest absolute Gasteiger partial charge is 0.262 e. The predicted molar refractivity (Wildman–Crippen MR) is 112 cm³/mol. The zero-order chi connectivity index (χ0) is 20.1. The van der Waals surface area contributed by atoms with Gasteiger partial charge in [0.05, 0.1) is 22.7 Å². The van der Waals surface area contributed by atoms with Gasteiger partial charge in [0.2, 0.25) is 0 Å². The van der Waals surface area contributed by atoms with Gasteiger partial charge in [-0.05, 0) is 60.7 Å². The van der Waals surface area contributed by atoms with Crippen molar-refractivity contribution in [2.45, 2.75) is 10.1 Å². The predicted octanol–water partition coefficient (Wildman–Crippen LogP) is 4.60. The molecule has 4 aromatic rings. The molecule has 1 amide bonds. The average molecular weight is 400 g/mol. The van der Waals surface area contributed by atoms with E-state index in [1.807, 2.05) is 54.6 Å². The van der Waals surface area contributed by atoms with E-state index in [4.69, 9.17) is 10.00 Å². The fourth-order valence-electron chi connectivity index (χ4n) is 2.67. The Hall–Kier alpha value is -3.76. The number of aromatic nitrogens is 2. The SMILES string of the molecule is N#Cc1ccc(OCC(=O)Nc2ccc(Sc3nc4ccccc4[nH]3)cc2)cc1. The Morgan fingerprint density at radius 2 is 1.83 bits per heavy atom. The number of hydrogen-bond donors (Lipinski definition) is 2. The number of hydrogen-bond acceptors (Lipinski definition) is 5. The van der Waals surface area contributed by atoms with Crippen molar-refractivity contribution in [1.82, 2.24) is 9.97 Å². The molecule has 0 radical (unpaired) electrons. The standard InChI is InChI=1S/C22H16N4O2S/c23-13-15-5-9-17(10-6-15)28-14-21(27)24-16-7-11-18(12-8-16)29-22-25-19-3-1-2-4-20(19)26-22/h1-12H,14H2,(H,24,27)(H,25,26). The number of anilines is 1. The van der Waals surface area contributed by atoms with Crippen LogP contribution in [0.5, 0.6) is 5.75 Å². The van der Waals surface area contributed by atoms with E-state index in [1.165, 1.54) is 11.8 Å². The molecule has 0 unspecified atom stereocenters. The van der Waals surface area contributed by atoms with E-state index >= 15 is 0 Å². The molecule has 142 valence electrons. The zero-order valence-electron chi connectivity index (χ0n) is 15.3. The number of H-pyrrole nitrogens is 1. The largest absolute Gasteiger partial charge is 0.484 e. The van der Waals surface area contributed by atoms with Crippen LogP contribution in [-0.2, 0) is 4.79 Å². The molecule has 0 fully saturated rings. The number of fused-ring (bicyclic) bond motifs is 1. The van der Waals surface area contributed by atoms with Gasteiger partial charge in [0, 0.05) is 10.6 Å². The van der Waals surface area contributed by atoms with E-state index in [-0.39, 0.29) is 12.5 Å². The molecule has 0 spiro atoms. The van der Waals surface area contributed by atoms with Gasteiger partial charge in [-0.1, -0.05) is 23.9 Å². The van der Waals surface area contributed by atoms with Crippen LogP contribution < -0.4 is 10.1 Å². The van der Waals surface area contributed by atoms with Crippen LogP contribution in [0.1, 0.15) is 5.56 Å². The molecule has 0 saturated carbocycles. The first-order valence-electron chi connectivity index (χ1n) is 8.85. The summed E-state index contributed by atoms with van der Waals surface area (Å²) < 4.78 is 5.43. The molecule has 29 heavy (non-hydrogen) atoms. The third-order valence-corrected chi connectivity index (χ3v) is 4.97. The Morgan fingerprint density at radius 3 is 2.55 bits per heavy atom. The van der Waals surface area contributed by atoms with Gasteiger partial charge in [-0.2, -0.15) is 5.26 Å². The molecule has 1 aromatic heterocycles. The van der Waals surface area contributed by atoms with Crippen LogP contribution in [0.3, 0.4) is 0 Å². The van der Waals surface area contributed by atoms with E-state index in [1.54, 1.807) is 24.3 Å². The molecule has 6 nitrogen and oxygen atoms in total. The highest BCUT2D eigenvalue weighted by Gasteiger charge is 2.07. The molecule has 1 heterocycles. The molecule has 2 N–H and O–H groups in total. The second-order valence-electron chi connectivity index (χ2n) is 6.16. The third kappa shape index (κ3) is 4.75. The molecule has 0 aliphatic heterocycles. The van der Waals surface area contributed by atoms with Gasteiger partial charge >= 0.3 is 0 Å². The van der Waals surface area contributed by atoms with E-state index < -0.39 is 0 Å². The highest BCUT2D eigenvalue weighted by atomic mass is 32.2. The molecule has 0 atom stereocenters. The van der Waals surface area contributed by atoms with E-state index in [0.29, 0.717) is 17.0 Å². The number of ether oxygens (including phenoxy) is 1. The van der Waals surface area contributed by atoms with Gasteiger partial charge in [0.15, 0.2) is 11.8 Å². The molecule has 7 heteroatoms. The summed E-state index contributed by atoms with van der Waals surface area (Å²) in [7, 11) is 0. The Bertz CT molecular complexity index is 1150. The molecule has 0 bridgehead atoms. The van der Waals surface area contributed by atoms with Crippen molar-refractivity contribution in [1.29, 1.82) is 5.26 Å². The molecule has 0 aliphatic carbocycles. The third-order valence-electron chi connectivity index (χ3n) is 4.07. The molecular formula is C22H16N4O2S. The first-order valence-corrected chi connectivity index (χ1v) is 9.67. The summed E-state index contributed by atoms with van der Waals surface area (Å²) in [5.74, 6) is 0.281. The lowest BCUT2D eigenvalue weighted by atomic mass is 10.2. The molecule has 3 aromatic carbocycles. The summed E-state index contributed by atoms with van der Waals surface area (Å²) in [6.45, 7) is -0.110. The number of nitrogens with zero attached hydrogens (tertiary/aromatic N) is 2. The summed E-state index contributed by atoms with van der Waals surface area (Å²) in [5, 5.41) is 12.4. The summed E-state index contributed by atoms with van der Waals surface area (Å²) in [4.78, 5) is 20.9. The lowest BCUT2D eigenvalue weighted by molar-refractivity contribution is -0.118. The minimum Gasteiger partial charge on any atom is -0.484 e. The topological polar surface area (TPSA) is 90.8 Å². The van der Waals surface area contributed by atoms with Crippen LogP contribution >= 0.6 is 11.8 Å². The first kappa shape index (κ1) is 18.6. The second kappa shape index (κ2) is 8.50. The van der Waals surface area contributed by atoms with Gasteiger partial charge in [0.1, 0.15) is 5.75 Å². The summed E-state index contributed by atoms with van der Waals surface area (Å²) >= 11 is 1.52. The maximum atomic E-state index is 12.1.